The summed E-state index contributed by atoms with van der Waals surface area (Å²) in [7, 11) is -4.07. The predicted octanol–water partition coefficient (Wildman–Crippen LogP) is 6.30. The zero-order valence-corrected chi connectivity index (χ0v) is 22.7. The van der Waals surface area contributed by atoms with Gasteiger partial charge in [0.15, 0.2) is 0 Å². The van der Waals surface area contributed by atoms with Crippen molar-refractivity contribution < 1.29 is 27.7 Å². The van der Waals surface area contributed by atoms with E-state index in [2.05, 4.69) is 10.0 Å². The molecule has 3 aromatic carbocycles. The molecule has 10 nitrogen and oxygen atoms in total. The van der Waals surface area contributed by atoms with Gasteiger partial charge in [0.05, 0.1) is 20.5 Å². The minimum atomic E-state index is -4.07. The quantitative estimate of drug-likeness (QED) is 0.129. The van der Waals surface area contributed by atoms with E-state index >= 15 is 0 Å². The number of nitrogens with one attached hydrogen (secondary N) is 2. The highest BCUT2D eigenvalue weighted by molar-refractivity contribution is 7.94. The van der Waals surface area contributed by atoms with Gasteiger partial charge in [0, 0.05) is 17.3 Å². The molecule has 0 aliphatic heterocycles. The van der Waals surface area contributed by atoms with Crippen LogP contribution in [0.1, 0.15) is 22.0 Å². The molecule has 1 amide bonds. The lowest BCUT2D eigenvalue weighted by molar-refractivity contribution is -0.384. The van der Waals surface area contributed by atoms with Crippen LogP contribution in [0, 0.1) is 10.1 Å². The topological polar surface area (TPSA) is 145 Å². The van der Waals surface area contributed by atoms with Gasteiger partial charge in [0.25, 0.3) is 21.6 Å². The number of anilines is 2. The molecule has 0 aliphatic carbocycles. The Morgan fingerprint density at radius 2 is 1.64 bits per heavy atom. The van der Waals surface area contributed by atoms with Gasteiger partial charge in [0.1, 0.15) is 9.23 Å². The number of hydrogen-bond acceptors (Lipinski definition) is 8. The van der Waals surface area contributed by atoms with Crippen molar-refractivity contribution in [2.75, 3.05) is 10.0 Å². The summed E-state index contributed by atoms with van der Waals surface area (Å²) in [4.78, 5) is 37.0. The molecule has 14 heteroatoms. The normalized spacial score (nSPS) is 11.8. The molecule has 0 saturated heterocycles. The largest absolute Gasteiger partial charge is 0.444 e. The molecule has 200 valence electrons. The summed E-state index contributed by atoms with van der Waals surface area (Å²) in [6.45, 7) is 0. The monoisotopic (exact) mass is 605 g/mol. The summed E-state index contributed by atoms with van der Waals surface area (Å²) < 4.78 is 33.7. The number of hydrogen-bond donors (Lipinski definition) is 2. The number of rotatable bonds is 9. The second-order valence-corrected chi connectivity index (χ2v) is 11.8. The second-order valence-electron chi connectivity index (χ2n) is 7.82. The Morgan fingerprint density at radius 3 is 2.31 bits per heavy atom. The number of nitrogens with zero attached hydrogens (tertiary/aromatic N) is 1. The molecule has 0 fully saturated rings. The first-order chi connectivity index (χ1) is 18.5. The molecule has 1 aromatic heterocycles. The first kappa shape index (κ1) is 28.0. The number of ether oxygens (including phenoxy) is 1. The van der Waals surface area contributed by atoms with Gasteiger partial charge in [0.2, 0.25) is 6.10 Å². The summed E-state index contributed by atoms with van der Waals surface area (Å²) in [6, 6.07) is 20.2. The summed E-state index contributed by atoms with van der Waals surface area (Å²) in [5.41, 5.74) is -0.294. The minimum Gasteiger partial charge on any atom is -0.444 e. The lowest BCUT2D eigenvalue weighted by atomic mass is 10.1. The van der Waals surface area contributed by atoms with Crippen LogP contribution in [0.4, 0.5) is 17.1 Å². The van der Waals surface area contributed by atoms with Crippen LogP contribution in [0.25, 0.3) is 0 Å². The van der Waals surface area contributed by atoms with E-state index in [9.17, 15) is 28.1 Å². The summed E-state index contributed by atoms with van der Waals surface area (Å²) in [5.74, 6) is -1.80. The SMILES string of the molecule is O=C(OC(C(=O)Nc1ccc(Cl)c([N+](=O)[O-])c1)c1ccccc1)c1ccccc1NS(=O)(=O)c1ccc(Cl)s1. The molecule has 1 unspecified atom stereocenters. The fraction of sp³-hybridized carbons (Fsp3) is 0.0400. The highest BCUT2D eigenvalue weighted by Gasteiger charge is 2.28. The number of amides is 1. The lowest BCUT2D eigenvalue weighted by Gasteiger charge is -2.19. The van der Waals surface area contributed by atoms with E-state index in [0.717, 1.165) is 17.4 Å². The van der Waals surface area contributed by atoms with Crippen molar-refractivity contribution in [3.8, 4) is 0 Å². The molecular formula is C25H17Cl2N3O7S2. The number of carbonyl (C=O) groups is 2. The molecule has 0 bridgehead atoms. The average molecular weight is 606 g/mol. The average Bonchev–Trinajstić information content (AvgIpc) is 3.36. The molecule has 4 rings (SSSR count). The van der Waals surface area contributed by atoms with Gasteiger partial charge >= 0.3 is 5.97 Å². The predicted molar refractivity (Wildman–Crippen MR) is 148 cm³/mol. The number of nitro groups is 1. The van der Waals surface area contributed by atoms with Gasteiger partial charge < -0.3 is 10.1 Å². The van der Waals surface area contributed by atoms with Crippen molar-refractivity contribution in [1.82, 2.24) is 0 Å². The number of carbonyl (C=O) groups excluding carboxylic acids is 2. The number of para-hydroxylation sites is 1. The third-order valence-corrected chi connectivity index (χ3v) is 8.59. The maximum atomic E-state index is 13.3. The van der Waals surface area contributed by atoms with Crippen LogP contribution >= 0.6 is 34.5 Å². The Bertz CT molecular complexity index is 1660. The zero-order valence-electron chi connectivity index (χ0n) is 19.5. The van der Waals surface area contributed by atoms with Crippen molar-refractivity contribution >= 4 is 73.5 Å². The number of thiophene rings is 1. The fourth-order valence-corrected chi connectivity index (χ4v) is 6.15. The number of benzene rings is 3. The number of nitro benzene ring substituents is 1. The first-order valence-corrected chi connectivity index (χ1v) is 14.0. The van der Waals surface area contributed by atoms with Gasteiger partial charge in [-0.1, -0.05) is 65.7 Å². The molecule has 0 aliphatic rings. The second kappa shape index (κ2) is 11.8. The minimum absolute atomic E-state index is 0.0517. The van der Waals surface area contributed by atoms with E-state index in [1.807, 2.05) is 0 Å². The molecule has 4 aromatic rings. The Balaban J connectivity index is 1.62. The molecule has 0 spiro atoms. The van der Waals surface area contributed by atoms with Gasteiger partial charge in [-0.3, -0.25) is 19.6 Å². The molecule has 0 saturated carbocycles. The fourth-order valence-electron chi connectivity index (χ4n) is 3.40. The van der Waals surface area contributed by atoms with E-state index in [1.54, 1.807) is 30.3 Å². The van der Waals surface area contributed by atoms with Gasteiger partial charge in [-0.25, -0.2) is 13.2 Å². The third-order valence-electron chi connectivity index (χ3n) is 5.18. The van der Waals surface area contributed by atoms with Crippen molar-refractivity contribution in [3.63, 3.8) is 0 Å². The van der Waals surface area contributed by atoms with E-state index in [4.69, 9.17) is 27.9 Å². The standard InChI is InChI=1S/C25H17Cl2N3O7S2/c26-18-11-10-16(14-20(18)30(33)34)28-24(31)23(15-6-2-1-3-7-15)37-25(32)17-8-4-5-9-19(17)29-39(35,36)22-13-12-21(27)38-22/h1-14,23,29H,(H,28,31). The highest BCUT2D eigenvalue weighted by atomic mass is 35.5. The number of halogens is 2. The van der Waals surface area contributed by atoms with Crippen molar-refractivity contribution in [3.05, 3.63) is 116 Å². The van der Waals surface area contributed by atoms with Crippen molar-refractivity contribution in [1.29, 1.82) is 0 Å². The molecule has 39 heavy (non-hydrogen) atoms. The summed E-state index contributed by atoms with van der Waals surface area (Å²) in [5, 5.41) is 13.6. The maximum absolute atomic E-state index is 13.3. The molecular weight excluding hydrogens is 589 g/mol. The van der Waals surface area contributed by atoms with E-state index in [0.29, 0.717) is 5.56 Å². The van der Waals surface area contributed by atoms with Gasteiger partial charge in [-0.05, 0) is 36.4 Å². The van der Waals surface area contributed by atoms with Crippen LogP contribution in [-0.2, 0) is 19.6 Å². The highest BCUT2D eigenvalue weighted by Crippen LogP contribution is 2.31. The van der Waals surface area contributed by atoms with E-state index < -0.39 is 38.6 Å². The Kier molecular flexibility index (Phi) is 8.51. The lowest BCUT2D eigenvalue weighted by Crippen LogP contribution is -2.26. The van der Waals surface area contributed by atoms with Crippen molar-refractivity contribution in [2.45, 2.75) is 10.3 Å². The van der Waals surface area contributed by atoms with E-state index in [-0.39, 0.29) is 30.5 Å². The summed E-state index contributed by atoms with van der Waals surface area (Å²) >= 11 is 12.5. The third kappa shape index (κ3) is 6.73. The van der Waals surface area contributed by atoms with Gasteiger partial charge in [-0.2, -0.15) is 0 Å². The summed E-state index contributed by atoms with van der Waals surface area (Å²) in [6.07, 6.45) is -1.49. The molecule has 2 N–H and O–H groups in total. The van der Waals surface area contributed by atoms with Crippen molar-refractivity contribution in [2.24, 2.45) is 0 Å². The van der Waals surface area contributed by atoms with Crippen LogP contribution in [0.15, 0.2) is 89.1 Å². The molecule has 1 heterocycles. The number of sulfonamides is 1. The number of esters is 1. The molecule has 1 atom stereocenters. The van der Waals surface area contributed by atoms with E-state index in [1.165, 1.54) is 48.5 Å². The zero-order chi connectivity index (χ0) is 28.2. The van der Waals surface area contributed by atoms with Crippen LogP contribution in [0.3, 0.4) is 0 Å². The molecule has 0 radical (unpaired) electrons. The Morgan fingerprint density at radius 1 is 0.949 bits per heavy atom. The van der Waals surface area contributed by atoms with Crippen LogP contribution in [-0.4, -0.2) is 25.2 Å². The van der Waals surface area contributed by atoms with Crippen LogP contribution < -0.4 is 10.0 Å². The van der Waals surface area contributed by atoms with Crippen LogP contribution in [0.5, 0.6) is 0 Å². The van der Waals surface area contributed by atoms with Gasteiger partial charge in [-0.15, -0.1) is 11.3 Å². The Hall–Kier alpha value is -3.97. The smallest absolute Gasteiger partial charge is 0.341 e. The maximum Gasteiger partial charge on any atom is 0.341 e. The first-order valence-electron chi connectivity index (χ1n) is 10.9. The Labute approximate surface area is 236 Å². The van der Waals surface area contributed by atoms with Crippen LogP contribution in [0.2, 0.25) is 9.36 Å².